The first-order chi connectivity index (χ1) is 32.8. The average Bonchev–Trinajstić information content (AvgIpc) is 3.93. The van der Waals surface area contributed by atoms with Crippen molar-refractivity contribution in [2.45, 2.75) is 0 Å². The van der Waals surface area contributed by atoms with Crippen LogP contribution in [0.5, 0.6) is 0 Å². The van der Waals surface area contributed by atoms with E-state index < -0.39 is 0 Å². The fourth-order valence-corrected chi connectivity index (χ4v) is 10.1. The summed E-state index contributed by atoms with van der Waals surface area (Å²) in [6.45, 7) is 0. The Hall–Kier alpha value is -8.93. The number of hydrogen-bond donors (Lipinski definition) is 0. The lowest BCUT2D eigenvalue weighted by Crippen LogP contribution is -2.04. The van der Waals surface area contributed by atoms with Gasteiger partial charge in [-0.1, -0.05) is 188 Å². The first kappa shape index (κ1) is 37.6. The normalized spacial score (nSPS) is 11.6. The van der Waals surface area contributed by atoms with Gasteiger partial charge in [0.2, 0.25) is 0 Å². The lowest BCUT2D eigenvalue weighted by molar-refractivity contribution is 1.06. The molecule has 0 spiro atoms. The Labute approximate surface area is 381 Å². The lowest BCUT2D eigenvalue weighted by Gasteiger charge is -2.17. The van der Waals surface area contributed by atoms with Crippen molar-refractivity contribution in [3.05, 3.63) is 237 Å². The smallest absolute Gasteiger partial charge is 0.166 e. The van der Waals surface area contributed by atoms with Gasteiger partial charge in [0.15, 0.2) is 17.5 Å². The van der Waals surface area contributed by atoms with Crippen LogP contribution in [0.25, 0.3) is 122 Å². The summed E-state index contributed by atoms with van der Waals surface area (Å²) in [6.07, 6.45) is 0. The van der Waals surface area contributed by atoms with Crippen LogP contribution in [0.2, 0.25) is 0 Å². The zero-order chi connectivity index (χ0) is 43.6. The molecular weight excluding hydrogens is 803 g/mol. The molecule has 0 bridgehead atoms. The molecule has 13 rings (SSSR count). The van der Waals surface area contributed by atoms with Crippen LogP contribution in [0.15, 0.2) is 237 Å². The maximum atomic E-state index is 5.28. The number of hydrogen-bond acceptors (Lipinski definition) is 3. The van der Waals surface area contributed by atoms with Crippen molar-refractivity contribution in [1.82, 2.24) is 24.1 Å². The summed E-state index contributed by atoms with van der Waals surface area (Å²) in [7, 11) is 0. The highest BCUT2D eigenvalue weighted by atomic mass is 15.1. The van der Waals surface area contributed by atoms with Crippen molar-refractivity contribution in [2.75, 3.05) is 0 Å². The molecule has 5 nitrogen and oxygen atoms in total. The number of benzene rings is 10. The molecule has 3 heterocycles. The molecule has 13 aromatic rings. The van der Waals surface area contributed by atoms with E-state index in [0.717, 1.165) is 50.2 Å². The van der Waals surface area contributed by atoms with Gasteiger partial charge in [0, 0.05) is 43.9 Å². The van der Waals surface area contributed by atoms with Crippen LogP contribution in [0.1, 0.15) is 0 Å². The maximum Gasteiger partial charge on any atom is 0.166 e. The second kappa shape index (κ2) is 15.4. The van der Waals surface area contributed by atoms with Gasteiger partial charge in [-0.3, -0.25) is 0 Å². The van der Waals surface area contributed by atoms with Crippen LogP contribution in [0.3, 0.4) is 0 Å². The van der Waals surface area contributed by atoms with E-state index in [9.17, 15) is 0 Å². The Bertz CT molecular complexity index is 3910. The summed E-state index contributed by atoms with van der Waals surface area (Å²) in [6, 6.07) is 84.1. The second-order valence-electron chi connectivity index (χ2n) is 16.7. The Balaban J connectivity index is 1.12. The molecule has 66 heavy (non-hydrogen) atoms. The molecule has 0 unspecified atom stereocenters. The third kappa shape index (κ3) is 6.05. The van der Waals surface area contributed by atoms with Gasteiger partial charge in [-0.15, -0.1) is 0 Å². The summed E-state index contributed by atoms with van der Waals surface area (Å²) < 4.78 is 4.85. The second-order valence-corrected chi connectivity index (χ2v) is 16.7. The van der Waals surface area contributed by atoms with Crippen molar-refractivity contribution < 1.29 is 0 Å². The molecule has 0 saturated carbocycles. The Kier molecular flexibility index (Phi) is 8.78. The minimum Gasteiger partial charge on any atom is -0.309 e. The van der Waals surface area contributed by atoms with Crippen LogP contribution in [-0.4, -0.2) is 24.1 Å². The van der Waals surface area contributed by atoms with Crippen LogP contribution in [0, 0.1) is 0 Å². The van der Waals surface area contributed by atoms with Gasteiger partial charge in [-0.2, -0.15) is 0 Å². The summed E-state index contributed by atoms with van der Waals surface area (Å²) in [5, 5.41) is 7.29. The van der Waals surface area contributed by atoms with Gasteiger partial charge in [0.1, 0.15) is 0 Å². The molecule has 0 N–H and O–H groups in total. The number of nitrogens with zero attached hydrogens (tertiary/aromatic N) is 5. The van der Waals surface area contributed by atoms with Gasteiger partial charge in [0.05, 0.1) is 27.8 Å². The number of fused-ring (bicyclic) bond motifs is 8. The van der Waals surface area contributed by atoms with Gasteiger partial charge in [-0.05, 0) is 81.6 Å². The summed E-state index contributed by atoms with van der Waals surface area (Å²) in [5.41, 5.74) is 14.0. The van der Waals surface area contributed by atoms with Crippen LogP contribution in [0.4, 0.5) is 0 Å². The number of para-hydroxylation sites is 2. The molecule has 0 amide bonds. The van der Waals surface area contributed by atoms with E-state index in [0.29, 0.717) is 17.5 Å². The number of aromatic nitrogens is 5. The van der Waals surface area contributed by atoms with E-state index in [1.54, 1.807) is 0 Å². The predicted molar refractivity (Wildman–Crippen MR) is 273 cm³/mol. The monoisotopic (exact) mass is 841 g/mol. The molecule has 0 radical (unpaired) electrons. The van der Waals surface area contributed by atoms with Crippen LogP contribution >= 0.6 is 0 Å². The van der Waals surface area contributed by atoms with Crippen LogP contribution in [-0.2, 0) is 0 Å². The molecule has 3 aromatic heterocycles. The topological polar surface area (TPSA) is 48.5 Å². The van der Waals surface area contributed by atoms with Gasteiger partial charge < -0.3 is 9.13 Å². The van der Waals surface area contributed by atoms with Gasteiger partial charge in [-0.25, -0.2) is 15.0 Å². The lowest BCUT2D eigenvalue weighted by atomic mass is 9.94. The van der Waals surface area contributed by atoms with E-state index in [1.165, 1.54) is 54.5 Å². The zero-order valence-electron chi connectivity index (χ0n) is 35.8. The third-order valence-electron chi connectivity index (χ3n) is 13.0. The Morgan fingerprint density at radius 3 is 1.47 bits per heavy atom. The SMILES string of the molecule is c1ccc(-c2ccc(-c3nc(-c4ccccc4)nc(-c4ccccc4)n3)c(-n3c4ccccc4c4c(-c5cccc6c5c5c7ccccc7ccc5n6-c5ccccc5)cccc43)c2)cc1. The van der Waals surface area contributed by atoms with E-state index in [1.807, 2.05) is 36.4 Å². The highest BCUT2D eigenvalue weighted by molar-refractivity contribution is 6.27. The molecule has 0 atom stereocenters. The summed E-state index contributed by atoms with van der Waals surface area (Å²) in [5.74, 6) is 1.85. The fourth-order valence-electron chi connectivity index (χ4n) is 10.1. The van der Waals surface area contributed by atoms with E-state index in [4.69, 9.17) is 15.0 Å². The molecule has 0 aliphatic heterocycles. The minimum atomic E-state index is 0.602. The molecular formula is C61H39N5. The van der Waals surface area contributed by atoms with Crippen molar-refractivity contribution in [3.8, 4) is 67.8 Å². The van der Waals surface area contributed by atoms with E-state index >= 15 is 0 Å². The summed E-state index contributed by atoms with van der Waals surface area (Å²) >= 11 is 0. The number of rotatable bonds is 7. The highest BCUT2D eigenvalue weighted by Crippen LogP contribution is 2.46. The molecule has 5 heteroatoms. The Morgan fingerprint density at radius 1 is 0.273 bits per heavy atom. The minimum absolute atomic E-state index is 0.602. The first-order valence-corrected chi connectivity index (χ1v) is 22.4. The largest absolute Gasteiger partial charge is 0.309 e. The quantitative estimate of drug-likeness (QED) is 0.161. The average molecular weight is 842 g/mol. The van der Waals surface area contributed by atoms with Gasteiger partial charge >= 0.3 is 0 Å². The molecule has 308 valence electrons. The zero-order valence-corrected chi connectivity index (χ0v) is 35.8. The third-order valence-corrected chi connectivity index (χ3v) is 13.0. The molecule has 0 saturated heterocycles. The highest BCUT2D eigenvalue weighted by Gasteiger charge is 2.24. The van der Waals surface area contributed by atoms with Crippen molar-refractivity contribution >= 4 is 54.4 Å². The standard InChI is InChI=1S/C61H39N5/c1-5-19-40(20-6-1)44-35-37-50(61-63-59(42-22-7-2-8-23-42)62-60(64-61)43-24-9-3-10-25-43)55(39-44)66-51-32-16-15-29-49(51)56-47(30-17-33-52(56)66)48-31-18-34-53-58(48)57-46-28-14-13-21-41(46)36-38-54(57)65(53)45-26-11-4-12-27-45/h1-39H. The van der Waals surface area contributed by atoms with E-state index in [-0.39, 0.29) is 0 Å². The molecule has 0 fully saturated rings. The Morgan fingerprint density at radius 2 is 0.788 bits per heavy atom. The van der Waals surface area contributed by atoms with Crippen molar-refractivity contribution in [3.63, 3.8) is 0 Å². The molecule has 0 aliphatic rings. The van der Waals surface area contributed by atoms with Crippen molar-refractivity contribution in [1.29, 1.82) is 0 Å². The molecule has 10 aromatic carbocycles. The fraction of sp³-hybridized carbons (Fsp3) is 0. The van der Waals surface area contributed by atoms with Crippen LogP contribution < -0.4 is 0 Å². The summed E-state index contributed by atoms with van der Waals surface area (Å²) in [4.78, 5) is 15.6. The van der Waals surface area contributed by atoms with Crippen molar-refractivity contribution in [2.24, 2.45) is 0 Å². The van der Waals surface area contributed by atoms with E-state index in [2.05, 4.69) is 209 Å². The first-order valence-electron chi connectivity index (χ1n) is 22.4. The molecule has 0 aliphatic carbocycles. The maximum absolute atomic E-state index is 5.28. The van der Waals surface area contributed by atoms with Gasteiger partial charge in [0.25, 0.3) is 0 Å². The predicted octanol–water partition coefficient (Wildman–Crippen LogP) is 15.6.